The summed E-state index contributed by atoms with van der Waals surface area (Å²) in [4.78, 5) is 0. The number of hydrogen-bond donors (Lipinski definition) is 1. The van der Waals surface area contributed by atoms with Gasteiger partial charge in [0.05, 0.1) is 6.04 Å². The Bertz CT molecular complexity index is 763. The smallest absolute Gasteiger partial charge is 0.0593 e. The van der Waals surface area contributed by atoms with Crippen molar-refractivity contribution in [3.05, 3.63) is 69.6 Å². The van der Waals surface area contributed by atoms with E-state index in [2.05, 4.69) is 54.9 Å². The first kappa shape index (κ1) is 14.6. The van der Waals surface area contributed by atoms with Crippen LogP contribution in [0.3, 0.4) is 0 Å². The summed E-state index contributed by atoms with van der Waals surface area (Å²) in [6.45, 7) is 5.15. The minimum atomic E-state index is 0.177. The second-order valence-electron chi connectivity index (χ2n) is 5.13. The van der Waals surface area contributed by atoms with Gasteiger partial charge in [-0.2, -0.15) is 0 Å². The van der Waals surface area contributed by atoms with Gasteiger partial charge in [-0.25, -0.2) is 0 Å². The molecule has 1 heterocycles. The fourth-order valence-corrected chi connectivity index (χ4v) is 3.90. The van der Waals surface area contributed by atoms with Gasteiger partial charge in [0.25, 0.3) is 0 Å². The molecule has 0 fully saturated rings. The van der Waals surface area contributed by atoms with E-state index in [1.54, 1.807) is 11.3 Å². The van der Waals surface area contributed by atoms with Crippen molar-refractivity contribution in [1.82, 2.24) is 5.32 Å². The molecule has 0 amide bonds. The van der Waals surface area contributed by atoms with Crippen LogP contribution in [-0.4, -0.2) is 6.54 Å². The molecule has 1 unspecified atom stereocenters. The van der Waals surface area contributed by atoms with Crippen LogP contribution in [0.1, 0.15) is 29.7 Å². The molecule has 108 valence electrons. The van der Waals surface area contributed by atoms with E-state index in [0.717, 1.165) is 17.1 Å². The largest absolute Gasteiger partial charge is 0.306 e. The topological polar surface area (TPSA) is 12.0 Å². The van der Waals surface area contributed by atoms with Crippen LogP contribution in [0, 0.1) is 6.92 Å². The van der Waals surface area contributed by atoms with Gasteiger partial charge in [-0.05, 0) is 53.1 Å². The Morgan fingerprint density at radius 2 is 1.86 bits per heavy atom. The molecule has 0 bridgehead atoms. The van der Waals surface area contributed by atoms with Gasteiger partial charge < -0.3 is 5.32 Å². The molecule has 3 rings (SSSR count). The minimum absolute atomic E-state index is 0.177. The molecule has 0 aliphatic rings. The summed E-state index contributed by atoms with van der Waals surface area (Å²) in [7, 11) is 0. The minimum Gasteiger partial charge on any atom is -0.306 e. The third kappa shape index (κ3) is 2.71. The Morgan fingerprint density at radius 1 is 1.10 bits per heavy atom. The van der Waals surface area contributed by atoms with E-state index >= 15 is 0 Å². The van der Waals surface area contributed by atoms with E-state index in [1.807, 2.05) is 12.1 Å². The molecule has 2 aromatic carbocycles. The van der Waals surface area contributed by atoms with E-state index in [9.17, 15) is 0 Å². The molecule has 3 aromatic rings. The van der Waals surface area contributed by atoms with Crippen LogP contribution in [0.5, 0.6) is 0 Å². The Morgan fingerprint density at radius 3 is 2.67 bits per heavy atom. The summed E-state index contributed by atoms with van der Waals surface area (Å²) in [5.74, 6) is 0. The third-order valence-electron chi connectivity index (χ3n) is 3.85. The van der Waals surface area contributed by atoms with Crippen molar-refractivity contribution < 1.29 is 0 Å². The number of nitrogens with one attached hydrogen (secondary N) is 1. The predicted octanol–water partition coefficient (Wildman–Crippen LogP) is 5.56. The lowest BCUT2D eigenvalue weighted by atomic mass is 9.94. The molecule has 0 radical (unpaired) electrons. The van der Waals surface area contributed by atoms with Gasteiger partial charge in [0.1, 0.15) is 0 Å². The first-order chi connectivity index (χ1) is 10.2. The highest BCUT2D eigenvalue weighted by Gasteiger charge is 2.18. The Labute approximate surface area is 134 Å². The van der Waals surface area contributed by atoms with E-state index < -0.39 is 0 Å². The maximum atomic E-state index is 6.32. The Kier molecular flexibility index (Phi) is 4.29. The first-order valence-electron chi connectivity index (χ1n) is 7.17. The second kappa shape index (κ2) is 6.18. The lowest BCUT2D eigenvalue weighted by Crippen LogP contribution is -2.23. The average Bonchev–Trinajstić information content (AvgIpc) is 2.97. The van der Waals surface area contributed by atoms with E-state index in [4.69, 9.17) is 11.6 Å². The lowest BCUT2D eigenvalue weighted by molar-refractivity contribution is 0.632. The maximum Gasteiger partial charge on any atom is 0.0593 e. The molecule has 1 nitrogen and oxygen atoms in total. The van der Waals surface area contributed by atoms with Crippen LogP contribution in [0.25, 0.3) is 10.1 Å². The number of thiophene rings is 1. The van der Waals surface area contributed by atoms with Crippen molar-refractivity contribution >= 4 is 33.0 Å². The third-order valence-corrected chi connectivity index (χ3v) is 5.24. The molecule has 3 heteroatoms. The van der Waals surface area contributed by atoms with Crippen molar-refractivity contribution in [2.24, 2.45) is 0 Å². The highest BCUT2D eigenvalue weighted by molar-refractivity contribution is 7.17. The van der Waals surface area contributed by atoms with Crippen LogP contribution in [0.4, 0.5) is 0 Å². The van der Waals surface area contributed by atoms with E-state index in [-0.39, 0.29) is 6.04 Å². The van der Waals surface area contributed by atoms with E-state index in [0.29, 0.717) is 0 Å². The fourth-order valence-electron chi connectivity index (χ4n) is 2.77. The van der Waals surface area contributed by atoms with Gasteiger partial charge in [0.15, 0.2) is 0 Å². The van der Waals surface area contributed by atoms with Crippen molar-refractivity contribution in [2.45, 2.75) is 19.9 Å². The highest BCUT2D eigenvalue weighted by atomic mass is 35.5. The van der Waals surface area contributed by atoms with Crippen LogP contribution in [-0.2, 0) is 0 Å². The second-order valence-corrected chi connectivity index (χ2v) is 6.45. The molecule has 1 atom stereocenters. The summed E-state index contributed by atoms with van der Waals surface area (Å²) >= 11 is 8.12. The standard InChI is InChI=1S/C18H18ClNS/c1-3-20-17(14-7-5-9-16(19)12(14)2)15-8-4-6-13-10-11-21-18(13)15/h4-11,17,20H,3H2,1-2H3. The summed E-state index contributed by atoms with van der Waals surface area (Å²) in [5.41, 5.74) is 3.73. The SMILES string of the molecule is CCNC(c1cccc(Cl)c1C)c1cccc2ccsc12. The zero-order valence-corrected chi connectivity index (χ0v) is 13.8. The molecular formula is C18H18ClNS. The van der Waals surface area contributed by atoms with Crippen LogP contribution in [0.15, 0.2) is 47.8 Å². The predicted molar refractivity (Wildman–Crippen MR) is 93.5 cm³/mol. The van der Waals surface area contributed by atoms with Crippen LogP contribution >= 0.6 is 22.9 Å². The normalized spacial score (nSPS) is 12.7. The molecule has 0 aliphatic heterocycles. The quantitative estimate of drug-likeness (QED) is 0.664. The number of benzene rings is 2. The molecule has 0 spiro atoms. The number of halogens is 1. The zero-order chi connectivity index (χ0) is 14.8. The fraction of sp³-hybridized carbons (Fsp3) is 0.222. The Hall–Kier alpha value is -1.35. The average molecular weight is 316 g/mol. The number of hydrogen-bond acceptors (Lipinski definition) is 2. The van der Waals surface area contributed by atoms with Crippen molar-refractivity contribution in [3.8, 4) is 0 Å². The van der Waals surface area contributed by atoms with Crippen molar-refractivity contribution in [2.75, 3.05) is 6.54 Å². The number of rotatable bonds is 4. The molecule has 1 N–H and O–H groups in total. The molecule has 0 saturated carbocycles. The summed E-state index contributed by atoms with van der Waals surface area (Å²) in [5, 5.41) is 7.90. The molecule has 0 saturated heterocycles. The lowest BCUT2D eigenvalue weighted by Gasteiger charge is -2.22. The molecule has 1 aromatic heterocycles. The van der Waals surface area contributed by atoms with Gasteiger partial charge in [0, 0.05) is 9.72 Å². The summed E-state index contributed by atoms with van der Waals surface area (Å²) in [6.07, 6.45) is 0. The Balaban J connectivity index is 2.18. The zero-order valence-electron chi connectivity index (χ0n) is 12.2. The first-order valence-corrected chi connectivity index (χ1v) is 8.42. The van der Waals surface area contributed by atoms with Crippen LogP contribution in [0.2, 0.25) is 5.02 Å². The van der Waals surface area contributed by atoms with E-state index in [1.165, 1.54) is 21.2 Å². The van der Waals surface area contributed by atoms with Crippen LogP contribution < -0.4 is 5.32 Å². The van der Waals surface area contributed by atoms with Gasteiger partial charge in [-0.15, -0.1) is 11.3 Å². The highest BCUT2D eigenvalue weighted by Crippen LogP contribution is 2.34. The van der Waals surface area contributed by atoms with Crippen molar-refractivity contribution in [1.29, 1.82) is 0 Å². The van der Waals surface area contributed by atoms with Gasteiger partial charge in [-0.1, -0.05) is 48.9 Å². The molecule has 0 aliphatic carbocycles. The van der Waals surface area contributed by atoms with Gasteiger partial charge in [0.2, 0.25) is 0 Å². The van der Waals surface area contributed by atoms with Gasteiger partial charge in [-0.3, -0.25) is 0 Å². The number of fused-ring (bicyclic) bond motifs is 1. The molecule has 21 heavy (non-hydrogen) atoms. The summed E-state index contributed by atoms with van der Waals surface area (Å²) in [6, 6.07) is 15.0. The van der Waals surface area contributed by atoms with Gasteiger partial charge >= 0.3 is 0 Å². The molecular weight excluding hydrogens is 298 g/mol. The monoisotopic (exact) mass is 315 g/mol. The summed E-state index contributed by atoms with van der Waals surface area (Å²) < 4.78 is 1.35. The maximum absolute atomic E-state index is 6.32. The van der Waals surface area contributed by atoms with Crippen molar-refractivity contribution in [3.63, 3.8) is 0 Å².